The van der Waals surface area contributed by atoms with Gasteiger partial charge in [0.05, 0.1) is 24.0 Å². The lowest BCUT2D eigenvalue weighted by Gasteiger charge is -2.31. The highest BCUT2D eigenvalue weighted by Crippen LogP contribution is 2.36. The zero-order valence-electron chi connectivity index (χ0n) is 15.2. The molecule has 3 aromatic rings. The lowest BCUT2D eigenvalue weighted by molar-refractivity contribution is -0.137. The summed E-state index contributed by atoms with van der Waals surface area (Å²) >= 11 is 0. The van der Waals surface area contributed by atoms with Gasteiger partial charge < -0.3 is 15.7 Å². The molecule has 1 atom stereocenters. The summed E-state index contributed by atoms with van der Waals surface area (Å²) in [6.07, 6.45) is -0.828. The molecule has 0 aliphatic rings. The van der Waals surface area contributed by atoms with Crippen LogP contribution in [0.5, 0.6) is 0 Å². The molecule has 3 N–H and O–H groups in total. The molecule has 28 heavy (non-hydrogen) atoms. The van der Waals surface area contributed by atoms with Crippen LogP contribution in [0.25, 0.3) is 0 Å². The molecule has 0 spiro atoms. The summed E-state index contributed by atoms with van der Waals surface area (Å²) in [5.74, 6) is -0.467. The topological polar surface area (TPSA) is 87.9 Å². The second-order valence-electron chi connectivity index (χ2n) is 6.46. The number of aliphatic hydroxyl groups is 1. The first kappa shape index (κ1) is 19.6. The number of rotatable bonds is 6. The molecule has 0 bridgehead atoms. The molecule has 0 radical (unpaired) electrons. The van der Waals surface area contributed by atoms with Gasteiger partial charge in [0.1, 0.15) is 11.4 Å². The van der Waals surface area contributed by atoms with E-state index >= 15 is 0 Å². The van der Waals surface area contributed by atoms with Gasteiger partial charge in [-0.25, -0.2) is 4.98 Å². The van der Waals surface area contributed by atoms with E-state index in [9.17, 15) is 18.3 Å². The Morgan fingerprint density at radius 2 is 1.86 bits per heavy atom. The summed E-state index contributed by atoms with van der Waals surface area (Å²) in [4.78, 5) is 7.76. The number of nitrogens with one attached hydrogen (secondary N) is 2. The van der Waals surface area contributed by atoms with E-state index in [1.54, 1.807) is 50.5 Å². The Hall–Kier alpha value is -3.14. The number of aryl methyl sites for hydroxylation is 1. The van der Waals surface area contributed by atoms with Crippen LogP contribution in [0.1, 0.15) is 18.1 Å². The summed E-state index contributed by atoms with van der Waals surface area (Å²) < 4.78 is 42.0. The van der Waals surface area contributed by atoms with E-state index in [1.807, 2.05) is 0 Å². The largest absolute Gasteiger partial charge is 0.421 e. The molecular weight excluding hydrogens is 373 g/mol. The van der Waals surface area contributed by atoms with Crippen molar-refractivity contribution in [2.75, 3.05) is 17.2 Å². The van der Waals surface area contributed by atoms with Gasteiger partial charge in [0.25, 0.3) is 0 Å². The first-order valence-corrected chi connectivity index (χ1v) is 8.36. The smallest absolute Gasteiger partial charge is 0.394 e. The van der Waals surface area contributed by atoms with Gasteiger partial charge in [-0.3, -0.25) is 4.68 Å². The summed E-state index contributed by atoms with van der Waals surface area (Å²) in [7, 11) is 1.71. The molecule has 3 rings (SSSR count). The van der Waals surface area contributed by atoms with Crippen LogP contribution in [0.2, 0.25) is 0 Å². The van der Waals surface area contributed by atoms with Crippen LogP contribution in [0, 0.1) is 0 Å². The number of aromatic nitrogens is 4. The van der Waals surface area contributed by atoms with Crippen molar-refractivity contribution in [2.24, 2.45) is 7.05 Å². The molecule has 10 heteroatoms. The number of aliphatic hydroxyl groups excluding tert-OH is 1. The van der Waals surface area contributed by atoms with Crippen LogP contribution in [0.3, 0.4) is 0 Å². The maximum Gasteiger partial charge on any atom is 0.421 e. The molecule has 1 unspecified atom stereocenters. The Balaban J connectivity index is 1.99. The third-order valence-electron chi connectivity index (χ3n) is 4.18. The van der Waals surface area contributed by atoms with Gasteiger partial charge in [-0.2, -0.15) is 23.3 Å². The van der Waals surface area contributed by atoms with Crippen LogP contribution < -0.4 is 10.6 Å². The average molecular weight is 392 g/mol. The van der Waals surface area contributed by atoms with Crippen LogP contribution in [0.15, 0.2) is 48.9 Å². The third-order valence-corrected chi connectivity index (χ3v) is 4.18. The number of hydrogen-bond donors (Lipinski definition) is 3. The molecule has 0 saturated heterocycles. The predicted octanol–water partition coefficient (Wildman–Crippen LogP) is 3.29. The molecule has 0 aliphatic heterocycles. The van der Waals surface area contributed by atoms with E-state index in [-0.39, 0.29) is 5.95 Å². The Bertz CT molecular complexity index is 944. The Labute approximate surface area is 159 Å². The van der Waals surface area contributed by atoms with Crippen molar-refractivity contribution in [3.05, 3.63) is 60.0 Å². The van der Waals surface area contributed by atoms with Crippen molar-refractivity contribution >= 4 is 17.5 Å². The number of benzene rings is 1. The Kier molecular flexibility index (Phi) is 5.23. The predicted molar refractivity (Wildman–Crippen MR) is 98.0 cm³/mol. The normalized spacial score (nSPS) is 13.8. The fourth-order valence-corrected chi connectivity index (χ4v) is 2.63. The van der Waals surface area contributed by atoms with E-state index in [2.05, 4.69) is 25.7 Å². The fraction of sp³-hybridized carbons (Fsp3) is 0.278. The van der Waals surface area contributed by atoms with E-state index in [0.717, 1.165) is 0 Å². The quantitative estimate of drug-likeness (QED) is 0.597. The van der Waals surface area contributed by atoms with E-state index in [0.29, 0.717) is 17.4 Å². The highest BCUT2D eigenvalue weighted by atomic mass is 19.4. The van der Waals surface area contributed by atoms with Crippen LogP contribution in [0.4, 0.5) is 30.6 Å². The minimum Gasteiger partial charge on any atom is -0.394 e. The number of hydrogen-bond acceptors (Lipinski definition) is 6. The first-order valence-electron chi connectivity index (χ1n) is 8.36. The minimum atomic E-state index is -4.66. The van der Waals surface area contributed by atoms with Crippen molar-refractivity contribution in [2.45, 2.75) is 18.6 Å². The molecule has 0 fully saturated rings. The molecule has 0 amide bonds. The van der Waals surface area contributed by atoms with E-state index < -0.39 is 29.7 Å². The lowest BCUT2D eigenvalue weighted by atomic mass is 9.92. The SMILES string of the molecule is Cn1cc(Nc2ncc(C(F)(F)F)c(NC(C)(CO)c3ccccc3)n2)cn1. The summed E-state index contributed by atoms with van der Waals surface area (Å²) in [5.41, 5.74) is -1.06. The van der Waals surface area contributed by atoms with E-state index in [4.69, 9.17) is 0 Å². The Morgan fingerprint density at radius 1 is 1.14 bits per heavy atom. The molecular formula is C18H19F3N6O. The fourth-order valence-electron chi connectivity index (χ4n) is 2.63. The molecule has 2 aromatic heterocycles. The van der Waals surface area contributed by atoms with Gasteiger partial charge in [-0.15, -0.1) is 0 Å². The van der Waals surface area contributed by atoms with Crippen LogP contribution in [-0.4, -0.2) is 31.5 Å². The zero-order valence-corrected chi connectivity index (χ0v) is 15.2. The summed E-state index contributed by atoms with van der Waals surface area (Å²) in [6, 6.07) is 8.69. The highest BCUT2D eigenvalue weighted by molar-refractivity contribution is 5.56. The second kappa shape index (κ2) is 7.47. The van der Waals surface area contributed by atoms with Crippen molar-refractivity contribution < 1.29 is 18.3 Å². The molecule has 7 nitrogen and oxygen atoms in total. The minimum absolute atomic E-state index is 0.0307. The van der Waals surface area contributed by atoms with Crippen LogP contribution in [-0.2, 0) is 18.8 Å². The zero-order chi connectivity index (χ0) is 20.4. The molecule has 1 aromatic carbocycles. The molecule has 2 heterocycles. The number of alkyl halides is 3. The first-order chi connectivity index (χ1) is 13.2. The third kappa shape index (κ3) is 4.22. The van der Waals surface area contributed by atoms with Gasteiger partial charge in [0.15, 0.2) is 0 Å². The maximum atomic E-state index is 13.5. The highest BCUT2D eigenvalue weighted by Gasteiger charge is 2.37. The monoisotopic (exact) mass is 392 g/mol. The molecule has 0 saturated carbocycles. The van der Waals surface area contributed by atoms with Crippen molar-refractivity contribution in [3.8, 4) is 0 Å². The lowest BCUT2D eigenvalue weighted by Crippen LogP contribution is -2.37. The summed E-state index contributed by atoms with van der Waals surface area (Å²) in [5, 5.41) is 19.4. The number of nitrogens with zero attached hydrogens (tertiary/aromatic N) is 4. The van der Waals surface area contributed by atoms with Crippen molar-refractivity contribution in [1.82, 2.24) is 19.7 Å². The van der Waals surface area contributed by atoms with Gasteiger partial charge in [-0.1, -0.05) is 30.3 Å². The van der Waals surface area contributed by atoms with Gasteiger partial charge in [-0.05, 0) is 12.5 Å². The maximum absolute atomic E-state index is 13.5. The number of halogens is 3. The van der Waals surface area contributed by atoms with Crippen molar-refractivity contribution in [1.29, 1.82) is 0 Å². The van der Waals surface area contributed by atoms with Gasteiger partial charge >= 0.3 is 6.18 Å². The Morgan fingerprint density at radius 3 is 2.43 bits per heavy atom. The average Bonchev–Trinajstić information content (AvgIpc) is 3.06. The summed E-state index contributed by atoms with van der Waals surface area (Å²) in [6.45, 7) is 1.16. The standard InChI is InChI=1S/C18H19F3N6O/c1-17(11-28,12-6-4-3-5-7-12)26-15-14(18(19,20)21)9-22-16(25-15)24-13-8-23-27(2)10-13/h3-10,28H,11H2,1-2H3,(H2,22,24,25,26). The molecule has 0 aliphatic carbocycles. The van der Waals surface area contributed by atoms with Gasteiger partial charge in [0, 0.05) is 19.4 Å². The van der Waals surface area contributed by atoms with E-state index in [1.165, 1.54) is 10.9 Å². The number of anilines is 3. The second-order valence-corrected chi connectivity index (χ2v) is 6.46. The van der Waals surface area contributed by atoms with Crippen LogP contribution >= 0.6 is 0 Å². The van der Waals surface area contributed by atoms with Crippen molar-refractivity contribution in [3.63, 3.8) is 0 Å². The molecule has 148 valence electrons. The van der Waals surface area contributed by atoms with Gasteiger partial charge in [0.2, 0.25) is 5.95 Å².